The molecule has 0 spiro atoms. The lowest BCUT2D eigenvalue weighted by Gasteiger charge is -2.34. The SMILES string of the molecule is O=C(NCCN1CCN(C(=O)c2cc(F)c(F)cc2Cl)CC1)c1cc(F)c(F)cc1Cl. The van der Waals surface area contributed by atoms with Gasteiger partial charge in [-0.2, -0.15) is 0 Å². The molecule has 0 saturated carbocycles. The van der Waals surface area contributed by atoms with E-state index >= 15 is 0 Å². The molecule has 3 rings (SSSR count). The van der Waals surface area contributed by atoms with Crippen LogP contribution in [0.2, 0.25) is 10.0 Å². The first-order valence-corrected chi connectivity index (χ1v) is 10.0. The van der Waals surface area contributed by atoms with Crippen LogP contribution in [-0.2, 0) is 0 Å². The second-order valence-corrected chi connectivity index (χ2v) is 7.70. The average molecular weight is 478 g/mol. The summed E-state index contributed by atoms with van der Waals surface area (Å²) in [7, 11) is 0. The molecule has 1 fully saturated rings. The molecule has 1 aliphatic heterocycles. The summed E-state index contributed by atoms with van der Waals surface area (Å²) in [6, 6.07) is 3.02. The van der Waals surface area contributed by atoms with Gasteiger partial charge in [0.05, 0.1) is 21.2 Å². The highest BCUT2D eigenvalue weighted by atomic mass is 35.5. The van der Waals surface area contributed by atoms with Gasteiger partial charge < -0.3 is 10.2 Å². The van der Waals surface area contributed by atoms with E-state index < -0.39 is 35.1 Å². The molecule has 1 saturated heterocycles. The lowest BCUT2D eigenvalue weighted by Crippen LogP contribution is -2.50. The van der Waals surface area contributed by atoms with Gasteiger partial charge in [-0.25, -0.2) is 17.6 Å². The van der Waals surface area contributed by atoms with Crippen molar-refractivity contribution in [2.45, 2.75) is 0 Å². The third-order valence-electron chi connectivity index (χ3n) is 4.87. The summed E-state index contributed by atoms with van der Waals surface area (Å²) >= 11 is 11.6. The van der Waals surface area contributed by atoms with Gasteiger partial charge in [0.15, 0.2) is 23.3 Å². The van der Waals surface area contributed by atoms with Crippen molar-refractivity contribution in [3.8, 4) is 0 Å². The van der Waals surface area contributed by atoms with E-state index in [1.807, 2.05) is 4.90 Å². The van der Waals surface area contributed by atoms with Crippen molar-refractivity contribution >= 4 is 35.0 Å². The number of nitrogens with zero attached hydrogens (tertiary/aromatic N) is 2. The quantitative estimate of drug-likeness (QED) is 0.527. The first-order chi connectivity index (χ1) is 14.7. The Labute approximate surface area is 185 Å². The van der Waals surface area contributed by atoms with E-state index in [2.05, 4.69) is 5.32 Å². The number of amides is 2. The molecule has 2 aromatic carbocycles. The maximum atomic E-state index is 13.4. The third kappa shape index (κ3) is 5.47. The van der Waals surface area contributed by atoms with Gasteiger partial charge in [0.2, 0.25) is 0 Å². The van der Waals surface area contributed by atoms with Crippen molar-refractivity contribution in [1.82, 2.24) is 15.1 Å². The minimum Gasteiger partial charge on any atom is -0.351 e. The van der Waals surface area contributed by atoms with Crippen LogP contribution in [0, 0.1) is 23.3 Å². The van der Waals surface area contributed by atoms with E-state index in [0.717, 1.165) is 24.3 Å². The monoisotopic (exact) mass is 477 g/mol. The zero-order valence-electron chi connectivity index (χ0n) is 16.0. The van der Waals surface area contributed by atoms with Crippen LogP contribution >= 0.6 is 23.2 Å². The molecule has 5 nitrogen and oxygen atoms in total. The smallest absolute Gasteiger partial charge is 0.255 e. The van der Waals surface area contributed by atoms with Crippen molar-refractivity contribution < 1.29 is 27.2 Å². The molecule has 31 heavy (non-hydrogen) atoms. The first-order valence-electron chi connectivity index (χ1n) is 9.26. The summed E-state index contributed by atoms with van der Waals surface area (Å²) < 4.78 is 53.1. The summed E-state index contributed by atoms with van der Waals surface area (Å²) in [5.74, 6) is -5.72. The van der Waals surface area contributed by atoms with Crippen LogP contribution in [-0.4, -0.2) is 60.9 Å². The Bertz CT molecular complexity index is 1010. The number of hydrogen-bond donors (Lipinski definition) is 1. The fourth-order valence-electron chi connectivity index (χ4n) is 3.15. The van der Waals surface area contributed by atoms with Gasteiger partial charge >= 0.3 is 0 Å². The predicted molar refractivity (Wildman–Crippen MR) is 107 cm³/mol. The summed E-state index contributed by atoms with van der Waals surface area (Å²) in [6.07, 6.45) is 0. The molecule has 0 bridgehead atoms. The highest BCUT2D eigenvalue weighted by Crippen LogP contribution is 2.22. The number of nitrogens with one attached hydrogen (secondary N) is 1. The standard InChI is InChI=1S/C20H17Cl2F4N3O2/c21-13-9-17(25)15(23)7-11(13)19(30)27-1-2-28-3-5-29(6-4-28)20(31)12-8-16(24)18(26)10-14(12)22/h7-10H,1-6H2,(H,27,30). The van der Waals surface area contributed by atoms with E-state index in [4.69, 9.17) is 23.2 Å². The molecule has 2 aromatic rings. The van der Waals surface area contributed by atoms with E-state index in [9.17, 15) is 27.2 Å². The van der Waals surface area contributed by atoms with Crippen LogP contribution in [0.25, 0.3) is 0 Å². The van der Waals surface area contributed by atoms with Gasteiger partial charge in [0, 0.05) is 39.3 Å². The summed E-state index contributed by atoms with van der Waals surface area (Å²) in [5, 5.41) is 2.23. The second-order valence-electron chi connectivity index (χ2n) is 6.88. The van der Waals surface area contributed by atoms with Crippen molar-refractivity contribution in [1.29, 1.82) is 0 Å². The third-order valence-corrected chi connectivity index (χ3v) is 5.49. The van der Waals surface area contributed by atoms with Crippen LogP contribution in [0.3, 0.4) is 0 Å². The molecule has 0 atom stereocenters. The number of carbonyl (C=O) groups is 2. The largest absolute Gasteiger partial charge is 0.351 e. The molecule has 1 N–H and O–H groups in total. The number of carbonyl (C=O) groups excluding carboxylic acids is 2. The molecule has 0 unspecified atom stereocenters. The second kappa shape index (κ2) is 9.84. The van der Waals surface area contributed by atoms with E-state index in [1.165, 1.54) is 4.90 Å². The summed E-state index contributed by atoms with van der Waals surface area (Å²) in [6.45, 7) is 2.29. The van der Waals surface area contributed by atoms with Crippen LogP contribution in [0.5, 0.6) is 0 Å². The highest BCUT2D eigenvalue weighted by molar-refractivity contribution is 6.34. The maximum absolute atomic E-state index is 13.4. The zero-order chi connectivity index (χ0) is 22.7. The van der Waals surface area contributed by atoms with Crippen molar-refractivity contribution in [2.24, 2.45) is 0 Å². The van der Waals surface area contributed by atoms with Gasteiger partial charge in [0.25, 0.3) is 11.8 Å². The molecule has 1 heterocycles. The molecule has 0 radical (unpaired) electrons. The molecular formula is C20H17Cl2F4N3O2. The maximum Gasteiger partial charge on any atom is 0.255 e. The summed E-state index contributed by atoms with van der Waals surface area (Å²) in [4.78, 5) is 28.1. The topological polar surface area (TPSA) is 52.7 Å². The normalized spacial score (nSPS) is 14.6. The first kappa shape index (κ1) is 23.3. The Balaban J connectivity index is 1.48. The van der Waals surface area contributed by atoms with Crippen LogP contribution in [0.15, 0.2) is 24.3 Å². The Morgan fingerprint density at radius 2 is 1.29 bits per heavy atom. The van der Waals surface area contributed by atoms with Gasteiger partial charge in [-0.05, 0) is 24.3 Å². The Morgan fingerprint density at radius 3 is 1.87 bits per heavy atom. The number of piperazine rings is 1. The summed E-state index contributed by atoms with van der Waals surface area (Å²) in [5.41, 5.74) is -0.274. The predicted octanol–water partition coefficient (Wildman–Crippen LogP) is 3.74. The lowest BCUT2D eigenvalue weighted by molar-refractivity contribution is 0.0637. The number of rotatable bonds is 5. The van der Waals surface area contributed by atoms with E-state index in [1.54, 1.807) is 0 Å². The van der Waals surface area contributed by atoms with Gasteiger partial charge in [0.1, 0.15) is 0 Å². The molecule has 11 heteroatoms. The molecular weight excluding hydrogens is 461 g/mol. The Kier molecular flexibility index (Phi) is 7.40. The molecule has 0 aromatic heterocycles. The fourth-order valence-corrected chi connectivity index (χ4v) is 3.62. The fraction of sp³-hybridized carbons (Fsp3) is 0.300. The average Bonchev–Trinajstić information content (AvgIpc) is 2.73. The number of hydrogen-bond acceptors (Lipinski definition) is 3. The van der Waals surface area contributed by atoms with Crippen molar-refractivity contribution in [3.63, 3.8) is 0 Å². The van der Waals surface area contributed by atoms with E-state index in [-0.39, 0.29) is 27.7 Å². The van der Waals surface area contributed by atoms with Gasteiger partial charge in [-0.15, -0.1) is 0 Å². The molecule has 2 amide bonds. The van der Waals surface area contributed by atoms with Gasteiger partial charge in [-0.3, -0.25) is 14.5 Å². The van der Waals surface area contributed by atoms with Crippen molar-refractivity contribution in [3.05, 3.63) is 68.7 Å². The number of benzene rings is 2. The molecule has 0 aliphatic carbocycles. The minimum atomic E-state index is -1.17. The van der Waals surface area contributed by atoms with Gasteiger partial charge in [-0.1, -0.05) is 23.2 Å². The zero-order valence-corrected chi connectivity index (χ0v) is 17.5. The number of halogens is 6. The van der Waals surface area contributed by atoms with Crippen LogP contribution in [0.4, 0.5) is 17.6 Å². The molecule has 166 valence electrons. The van der Waals surface area contributed by atoms with Crippen LogP contribution < -0.4 is 5.32 Å². The minimum absolute atomic E-state index is 0.107. The molecule has 1 aliphatic rings. The van der Waals surface area contributed by atoms with Crippen molar-refractivity contribution in [2.75, 3.05) is 39.3 Å². The lowest BCUT2D eigenvalue weighted by atomic mass is 10.1. The Hall–Kier alpha value is -2.36. The van der Waals surface area contributed by atoms with Crippen LogP contribution in [0.1, 0.15) is 20.7 Å². The van der Waals surface area contributed by atoms with E-state index in [0.29, 0.717) is 32.7 Å². The highest BCUT2D eigenvalue weighted by Gasteiger charge is 2.25. The Morgan fingerprint density at radius 1 is 0.806 bits per heavy atom.